The normalized spacial score (nSPS) is 36.1. The maximum absolute atomic E-state index is 12.8. The van der Waals surface area contributed by atoms with Crippen molar-refractivity contribution in [2.45, 2.75) is 63.9 Å². The molecule has 1 N–H and O–H groups in total. The largest absolute Gasteiger partial charge is 0.426 e. The van der Waals surface area contributed by atoms with E-state index < -0.39 is 30.3 Å². The molecule has 1 nitrogen and oxygen atoms in total. The zero-order valence-corrected chi connectivity index (χ0v) is 12.6. The number of fused-ring (bicyclic) bond motifs is 2. The lowest BCUT2D eigenvalue weighted by atomic mass is 9.69. The molecule has 7 heteroatoms. The Kier molecular flexibility index (Phi) is 4.52. The number of rotatable bonds is 4. The maximum atomic E-state index is 12.8. The van der Waals surface area contributed by atoms with E-state index in [0.717, 1.165) is 12.8 Å². The van der Waals surface area contributed by atoms with Gasteiger partial charge in [0, 0.05) is 0 Å². The molecule has 0 radical (unpaired) electrons. The Bertz CT molecular complexity index is 388. The average molecular weight is 332 g/mol. The third-order valence-electron chi connectivity index (χ3n) is 5.93. The SMILES string of the molecule is CCC1C2CC(CC(O)(C(F)(F)F)C(F)(F)F)C(C2)C1CC. The number of hydrogen-bond donors (Lipinski definition) is 1. The molecule has 2 bridgehead atoms. The van der Waals surface area contributed by atoms with Crippen LogP contribution in [0.25, 0.3) is 0 Å². The third-order valence-corrected chi connectivity index (χ3v) is 5.93. The molecule has 22 heavy (non-hydrogen) atoms. The molecule has 2 fully saturated rings. The Labute approximate surface area is 126 Å². The van der Waals surface area contributed by atoms with Crippen LogP contribution in [0.2, 0.25) is 0 Å². The van der Waals surface area contributed by atoms with Crippen molar-refractivity contribution in [2.75, 3.05) is 0 Å². The van der Waals surface area contributed by atoms with E-state index in [-0.39, 0.29) is 17.8 Å². The molecule has 5 atom stereocenters. The lowest BCUT2D eigenvalue weighted by Gasteiger charge is -2.40. The Morgan fingerprint density at radius 3 is 1.77 bits per heavy atom. The second-order valence-corrected chi connectivity index (χ2v) is 6.86. The van der Waals surface area contributed by atoms with Gasteiger partial charge in [-0.25, -0.2) is 0 Å². The number of alkyl halides is 6. The molecule has 2 rings (SSSR count). The van der Waals surface area contributed by atoms with E-state index in [1.54, 1.807) is 0 Å². The Balaban J connectivity index is 2.21. The molecule has 0 heterocycles. The number of aliphatic hydroxyl groups is 1. The van der Waals surface area contributed by atoms with Crippen LogP contribution in [-0.2, 0) is 0 Å². The summed E-state index contributed by atoms with van der Waals surface area (Å²) in [5, 5.41) is 9.40. The fraction of sp³-hybridized carbons (Fsp3) is 1.00. The van der Waals surface area contributed by atoms with Gasteiger partial charge in [-0.3, -0.25) is 0 Å². The summed E-state index contributed by atoms with van der Waals surface area (Å²) < 4.78 is 77.1. The molecule has 130 valence electrons. The van der Waals surface area contributed by atoms with E-state index >= 15 is 0 Å². The number of hydrogen-bond acceptors (Lipinski definition) is 1. The first-order valence-electron chi connectivity index (χ1n) is 7.82. The van der Waals surface area contributed by atoms with E-state index in [1.807, 2.05) is 13.8 Å². The minimum Gasteiger partial charge on any atom is -0.374 e. The maximum Gasteiger partial charge on any atom is 0.426 e. The van der Waals surface area contributed by atoms with Gasteiger partial charge in [-0.1, -0.05) is 26.7 Å². The van der Waals surface area contributed by atoms with E-state index in [2.05, 4.69) is 0 Å². The van der Waals surface area contributed by atoms with Crippen LogP contribution in [0, 0.1) is 29.6 Å². The van der Waals surface area contributed by atoms with Gasteiger partial charge in [0.05, 0.1) is 0 Å². The molecule has 0 saturated heterocycles. The fourth-order valence-electron chi connectivity index (χ4n) is 4.99. The summed E-state index contributed by atoms with van der Waals surface area (Å²) in [6.45, 7) is 3.95. The lowest BCUT2D eigenvalue weighted by Crippen LogP contribution is -2.58. The smallest absolute Gasteiger partial charge is 0.374 e. The van der Waals surface area contributed by atoms with Crippen molar-refractivity contribution in [2.24, 2.45) is 29.6 Å². The van der Waals surface area contributed by atoms with E-state index in [9.17, 15) is 31.4 Å². The summed E-state index contributed by atoms with van der Waals surface area (Å²) in [6.07, 6.45) is -9.89. The molecular formula is C15H22F6O. The predicted octanol–water partition coefficient (Wildman–Crippen LogP) is 4.94. The second-order valence-electron chi connectivity index (χ2n) is 6.86. The van der Waals surface area contributed by atoms with Crippen LogP contribution >= 0.6 is 0 Å². The van der Waals surface area contributed by atoms with Crippen molar-refractivity contribution in [1.82, 2.24) is 0 Å². The van der Waals surface area contributed by atoms with Crippen molar-refractivity contribution in [3.63, 3.8) is 0 Å². The van der Waals surface area contributed by atoms with E-state index in [0.29, 0.717) is 18.8 Å². The summed E-state index contributed by atoms with van der Waals surface area (Å²) in [7, 11) is 0. The van der Waals surface area contributed by atoms with E-state index in [1.165, 1.54) is 0 Å². The zero-order chi connectivity index (χ0) is 16.9. The van der Waals surface area contributed by atoms with Gasteiger partial charge in [0.1, 0.15) is 0 Å². The molecule has 0 aliphatic heterocycles. The molecule has 0 aromatic heterocycles. The first kappa shape index (κ1) is 17.9. The van der Waals surface area contributed by atoms with Crippen LogP contribution in [0.4, 0.5) is 26.3 Å². The molecule has 2 aliphatic carbocycles. The quantitative estimate of drug-likeness (QED) is 0.723. The highest BCUT2D eigenvalue weighted by Gasteiger charge is 2.71. The zero-order valence-electron chi connectivity index (χ0n) is 12.6. The molecule has 0 aromatic carbocycles. The Morgan fingerprint density at radius 1 is 0.864 bits per heavy atom. The standard InChI is InChI=1S/C15H22F6O/c1-3-10-8-5-9(12(6-8)11(10)4-2)7-13(22,14(16,17)18)15(19,20)21/h8-12,22H,3-7H2,1-2H3. The fourth-order valence-corrected chi connectivity index (χ4v) is 4.99. The summed E-state index contributed by atoms with van der Waals surface area (Å²) >= 11 is 0. The highest BCUT2D eigenvalue weighted by atomic mass is 19.4. The van der Waals surface area contributed by atoms with Gasteiger partial charge >= 0.3 is 12.4 Å². The van der Waals surface area contributed by atoms with Gasteiger partial charge in [0.25, 0.3) is 5.60 Å². The van der Waals surface area contributed by atoms with Crippen LogP contribution in [0.1, 0.15) is 46.0 Å². The summed E-state index contributed by atoms with van der Waals surface area (Å²) in [4.78, 5) is 0. The van der Waals surface area contributed by atoms with Gasteiger partial charge in [-0.05, 0) is 48.9 Å². The van der Waals surface area contributed by atoms with Gasteiger partial charge in [-0.2, -0.15) is 26.3 Å². The van der Waals surface area contributed by atoms with Crippen molar-refractivity contribution in [3.8, 4) is 0 Å². The van der Waals surface area contributed by atoms with Gasteiger partial charge in [-0.15, -0.1) is 0 Å². The molecule has 0 spiro atoms. The highest BCUT2D eigenvalue weighted by Crippen LogP contribution is 2.60. The second kappa shape index (κ2) is 5.56. The summed E-state index contributed by atoms with van der Waals surface area (Å²) in [5.41, 5.74) is -4.59. The molecule has 2 aliphatic rings. The molecular weight excluding hydrogens is 310 g/mol. The summed E-state index contributed by atoms with van der Waals surface area (Å²) in [5.74, 6) is -0.0478. The van der Waals surface area contributed by atoms with Crippen molar-refractivity contribution < 1.29 is 31.4 Å². The van der Waals surface area contributed by atoms with E-state index in [4.69, 9.17) is 0 Å². The summed E-state index contributed by atoms with van der Waals surface area (Å²) in [6, 6.07) is 0. The molecule has 0 aromatic rings. The monoisotopic (exact) mass is 332 g/mol. The predicted molar refractivity (Wildman–Crippen MR) is 68.9 cm³/mol. The Morgan fingerprint density at radius 2 is 1.36 bits per heavy atom. The Hall–Kier alpha value is -0.460. The molecule has 5 unspecified atom stereocenters. The van der Waals surface area contributed by atoms with Crippen molar-refractivity contribution in [1.29, 1.82) is 0 Å². The third kappa shape index (κ3) is 2.63. The molecule has 2 saturated carbocycles. The minimum atomic E-state index is -5.70. The van der Waals surface area contributed by atoms with Crippen LogP contribution < -0.4 is 0 Å². The first-order chi connectivity index (χ1) is 9.96. The van der Waals surface area contributed by atoms with Crippen LogP contribution in [0.5, 0.6) is 0 Å². The lowest BCUT2D eigenvalue weighted by molar-refractivity contribution is -0.373. The first-order valence-corrected chi connectivity index (χ1v) is 7.82. The topological polar surface area (TPSA) is 20.2 Å². The van der Waals surface area contributed by atoms with Crippen LogP contribution in [0.3, 0.4) is 0 Å². The molecule has 0 amide bonds. The van der Waals surface area contributed by atoms with Gasteiger partial charge in [0.2, 0.25) is 0 Å². The minimum absolute atomic E-state index is 0.129. The van der Waals surface area contributed by atoms with Gasteiger partial charge in [0.15, 0.2) is 0 Å². The average Bonchev–Trinajstić information content (AvgIpc) is 2.92. The van der Waals surface area contributed by atoms with Crippen LogP contribution in [-0.4, -0.2) is 23.1 Å². The van der Waals surface area contributed by atoms with Gasteiger partial charge < -0.3 is 5.11 Å². The van der Waals surface area contributed by atoms with Crippen molar-refractivity contribution >= 4 is 0 Å². The van der Waals surface area contributed by atoms with Crippen molar-refractivity contribution in [3.05, 3.63) is 0 Å². The highest BCUT2D eigenvalue weighted by molar-refractivity contribution is 5.04. The van der Waals surface area contributed by atoms with Crippen LogP contribution in [0.15, 0.2) is 0 Å². The number of halogens is 6.